The van der Waals surface area contributed by atoms with Gasteiger partial charge in [0.25, 0.3) is 5.91 Å². The number of carbonyl (C=O) groups is 1. The zero-order valence-corrected chi connectivity index (χ0v) is 10.4. The Hall–Kier alpha value is -0.940. The molecule has 0 saturated carbocycles. The number of aliphatic hydroxyl groups excluding tert-OH is 1. The molecule has 1 aromatic rings. The van der Waals surface area contributed by atoms with Crippen molar-refractivity contribution in [2.24, 2.45) is 0 Å². The molecule has 16 heavy (non-hydrogen) atoms. The molecule has 0 aliphatic heterocycles. The average Bonchev–Trinajstić information content (AvgIpc) is 2.21. The van der Waals surface area contributed by atoms with Gasteiger partial charge in [0.15, 0.2) is 0 Å². The van der Waals surface area contributed by atoms with Crippen LogP contribution in [-0.2, 0) is 0 Å². The highest BCUT2D eigenvalue weighted by Gasteiger charge is 2.13. The van der Waals surface area contributed by atoms with Crippen LogP contribution in [-0.4, -0.2) is 23.7 Å². The highest BCUT2D eigenvalue weighted by atomic mass is 79.9. The Morgan fingerprint density at radius 3 is 2.94 bits per heavy atom. The first-order valence-electron chi connectivity index (χ1n) is 4.91. The molecule has 1 unspecified atom stereocenters. The summed E-state index contributed by atoms with van der Waals surface area (Å²) in [5.74, 6) is -0.810. The lowest BCUT2D eigenvalue weighted by molar-refractivity contribution is 0.0933. The molecule has 0 aromatic heterocycles. The Morgan fingerprint density at radius 2 is 2.31 bits per heavy atom. The molecule has 0 radical (unpaired) electrons. The molecule has 1 amide bonds. The third-order valence-electron chi connectivity index (χ3n) is 2.11. The van der Waals surface area contributed by atoms with Crippen molar-refractivity contribution in [2.75, 3.05) is 6.61 Å². The molecule has 0 saturated heterocycles. The van der Waals surface area contributed by atoms with Gasteiger partial charge in [-0.25, -0.2) is 4.39 Å². The van der Waals surface area contributed by atoms with Crippen LogP contribution in [0.1, 0.15) is 23.7 Å². The number of hydrogen-bond acceptors (Lipinski definition) is 2. The van der Waals surface area contributed by atoms with Crippen LogP contribution in [0.25, 0.3) is 0 Å². The SMILES string of the molecule is CC(CCO)NC(=O)c1cc(F)ccc1Br. The van der Waals surface area contributed by atoms with E-state index >= 15 is 0 Å². The number of amides is 1. The summed E-state index contributed by atoms with van der Waals surface area (Å²) in [7, 11) is 0. The van der Waals surface area contributed by atoms with Gasteiger partial charge >= 0.3 is 0 Å². The normalized spacial score (nSPS) is 12.2. The smallest absolute Gasteiger partial charge is 0.252 e. The minimum atomic E-state index is -0.455. The third-order valence-corrected chi connectivity index (χ3v) is 2.80. The molecule has 88 valence electrons. The zero-order valence-electron chi connectivity index (χ0n) is 8.84. The van der Waals surface area contributed by atoms with Gasteiger partial charge < -0.3 is 10.4 Å². The summed E-state index contributed by atoms with van der Waals surface area (Å²) in [6, 6.07) is 3.79. The summed E-state index contributed by atoms with van der Waals surface area (Å²) in [6.45, 7) is 1.78. The van der Waals surface area contributed by atoms with Crippen LogP contribution in [0.2, 0.25) is 0 Å². The Morgan fingerprint density at radius 1 is 1.62 bits per heavy atom. The number of nitrogens with one attached hydrogen (secondary N) is 1. The zero-order chi connectivity index (χ0) is 12.1. The number of benzene rings is 1. The van der Waals surface area contributed by atoms with Gasteiger partial charge in [-0.1, -0.05) is 0 Å². The van der Waals surface area contributed by atoms with E-state index in [1.54, 1.807) is 6.92 Å². The summed E-state index contributed by atoms with van der Waals surface area (Å²) in [5.41, 5.74) is 0.254. The average molecular weight is 290 g/mol. The number of hydrogen-bond donors (Lipinski definition) is 2. The first-order chi connectivity index (χ1) is 7.54. The fourth-order valence-corrected chi connectivity index (χ4v) is 1.67. The standard InChI is InChI=1S/C11H13BrFNO2/c1-7(4-5-15)14-11(16)9-6-8(13)2-3-10(9)12/h2-3,6-7,15H,4-5H2,1H3,(H,14,16). The molecule has 0 bridgehead atoms. The maximum Gasteiger partial charge on any atom is 0.252 e. The summed E-state index contributed by atoms with van der Waals surface area (Å²) < 4.78 is 13.5. The molecule has 1 aromatic carbocycles. The van der Waals surface area contributed by atoms with E-state index in [1.807, 2.05) is 0 Å². The molecule has 5 heteroatoms. The van der Waals surface area contributed by atoms with Gasteiger partial charge in [0, 0.05) is 17.1 Å². The quantitative estimate of drug-likeness (QED) is 0.892. The van der Waals surface area contributed by atoms with E-state index in [0.717, 1.165) is 0 Å². The van der Waals surface area contributed by atoms with Crippen LogP contribution in [0.3, 0.4) is 0 Å². The number of aliphatic hydroxyl groups is 1. The van der Waals surface area contributed by atoms with Gasteiger partial charge in [0.1, 0.15) is 5.82 Å². The van der Waals surface area contributed by atoms with Gasteiger partial charge in [-0.2, -0.15) is 0 Å². The van der Waals surface area contributed by atoms with E-state index in [-0.39, 0.29) is 24.1 Å². The highest BCUT2D eigenvalue weighted by Crippen LogP contribution is 2.17. The number of halogens is 2. The first kappa shape index (κ1) is 13.1. The molecule has 2 N–H and O–H groups in total. The molecule has 0 aliphatic rings. The van der Waals surface area contributed by atoms with Crippen molar-refractivity contribution in [3.63, 3.8) is 0 Å². The molecule has 1 atom stereocenters. The van der Waals surface area contributed by atoms with Gasteiger partial charge in [-0.05, 0) is 47.5 Å². The van der Waals surface area contributed by atoms with Crippen molar-refractivity contribution < 1.29 is 14.3 Å². The monoisotopic (exact) mass is 289 g/mol. The van der Waals surface area contributed by atoms with Crippen molar-refractivity contribution >= 4 is 21.8 Å². The second-order valence-corrected chi connectivity index (χ2v) is 4.37. The van der Waals surface area contributed by atoms with Gasteiger partial charge in [0.05, 0.1) is 5.56 Å². The van der Waals surface area contributed by atoms with Crippen LogP contribution in [0.4, 0.5) is 4.39 Å². The summed E-state index contributed by atoms with van der Waals surface area (Å²) >= 11 is 3.18. The topological polar surface area (TPSA) is 49.3 Å². The third kappa shape index (κ3) is 3.57. The van der Waals surface area contributed by atoms with Gasteiger partial charge in [-0.3, -0.25) is 4.79 Å². The fourth-order valence-electron chi connectivity index (χ4n) is 1.24. The minimum Gasteiger partial charge on any atom is -0.396 e. The largest absolute Gasteiger partial charge is 0.396 e. The maximum atomic E-state index is 13.0. The number of rotatable bonds is 4. The number of carbonyl (C=O) groups excluding carboxylic acids is 1. The molecule has 3 nitrogen and oxygen atoms in total. The Balaban J connectivity index is 2.76. The highest BCUT2D eigenvalue weighted by molar-refractivity contribution is 9.10. The first-order valence-corrected chi connectivity index (χ1v) is 5.70. The Kier molecular flexibility index (Phi) is 4.89. The van der Waals surface area contributed by atoms with E-state index in [1.165, 1.54) is 18.2 Å². The lowest BCUT2D eigenvalue weighted by Crippen LogP contribution is -2.33. The molecule has 0 fully saturated rings. The molecule has 0 heterocycles. The van der Waals surface area contributed by atoms with E-state index in [0.29, 0.717) is 10.9 Å². The lowest BCUT2D eigenvalue weighted by Gasteiger charge is -2.13. The van der Waals surface area contributed by atoms with Gasteiger partial charge in [0.2, 0.25) is 0 Å². The van der Waals surface area contributed by atoms with Crippen molar-refractivity contribution in [3.8, 4) is 0 Å². The van der Waals surface area contributed by atoms with Crippen LogP contribution in [0.5, 0.6) is 0 Å². The van der Waals surface area contributed by atoms with Crippen molar-refractivity contribution in [1.82, 2.24) is 5.32 Å². The van der Waals surface area contributed by atoms with Crippen LogP contribution >= 0.6 is 15.9 Å². The maximum absolute atomic E-state index is 13.0. The summed E-state index contributed by atoms with van der Waals surface area (Å²) in [5, 5.41) is 11.4. The van der Waals surface area contributed by atoms with E-state index in [9.17, 15) is 9.18 Å². The summed E-state index contributed by atoms with van der Waals surface area (Å²) in [4.78, 5) is 11.7. The summed E-state index contributed by atoms with van der Waals surface area (Å²) in [6.07, 6.45) is 0.471. The Bertz CT molecular complexity index is 384. The second kappa shape index (κ2) is 5.96. The molecule has 0 aliphatic carbocycles. The van der Waals surface area contributed by atoms with Crippen LogP contribution < -0.4 is 5.32 Å². The molecule has 0 spiro atoms. The predicted molar refractivity (Wildman–Crippen MR) is 62.7 cm³/mol. The van der Waals surface area contributed by atoms with Crippen molar-refractivity contribution in [3.05, 3.63) is 34.1 Å². The molecular weight excluding hydrogens is 277 g/mol. The van der Waals surface area contributed by atoms with Crippen molar-refractivity contribution in [2.45, 2.75) is 19.4 Å². The van der Waals surface area contributed by atoms with E-state index in [2.05, 4.69) is 21.2 Å². The van der Waals surface area contributed by atoms with E-state index < -0.39 is 5.82 Å². The molecule has 1 rings (SSSR count). The lowest BCUT2D eigenvalue weighted by atomic mass is 10.2. The van der Waals surface area contributed by atoms with Crippen LogP contribution in [0.15, 0.2) is 22.7 Å². The Labute approximate surface area is 102 Å². The van der Waals surface area contributed by atoms with Gasteiger partial charge in [-0.15, -0.1) is 0 Å². The second-order valence-electron chi connectivity index (χ2n) is 3.51. The molecular formula is C11H13BrFNO2. The predicted octanol–water partition coefficient (Wildman–Crippen LogP) is 2.09. The fraction of sp³-hybridized carbons (Fsp3) is 0.364. The van der Waals surface area contributed by atoms with Crippen molar-refractivity contribution in [1.29, 1.82) is 0 Å². The minimum absolute atomic E-state index is 0.00572. The van der Waals surface area contributed by atoms with Crippen LogP contribution in [0, 0.1) is 5.82 Å². The van der Waals surface area contributed by atoms with E-state index in [4.69, 9.17) is 5.11 Å².